The summed E-state index contributed by atoms with van der Waals surface area (Å²) in [4.78, 5) is 15.9. The van der Waals surface area contributed by atoms with Gasteiger partial charge in [0.25, 0.3) is 5.56 Å². The van der Waals surface area contributed by atoms with Crippen LogP contribution in [0.3, 0.4) is 0 Å². The second kappa shape index (κ2) is 7.84. The Hall–Kier alpha value is -2.52. The Kier molecular flexibility index (Phi) is 5.27. The molecule has 6 nitrogen and oxygen atoms in total. The van der Waals surface area contributed by atoms with E-state index in [1.165, 1.54) is 11.3 Å². The summed E-state index contributed by atoms with van der Waals surface area (Å²) in [5.41, 5.74) is 2.41. The van der Waals surface area contributed by atoms with E-state index in [-0.39, 0.29) is 18.7 Å². The molecule has 0 aliphatic heterocycles. The van der Waals surface area contributed by atoms with Crippen LogP contribution >= 0.6 is 11.3 Å². The molecule has 144 valence electrons. The molecular weight excluding hydrogens is 396 g/mol. The molecule has 2 heterocycles. The number of hydrogen-bond donors (Lipinski definition) is 3. The van der Waals surface area contributed by atoms with Gasteiger partial charge in [0, 0.05) is 28.4 Å². The number of pyridine rings is 1. The molecule has 0 aliphatic rings. The molecule has 0 radical (unpaired) electrons. The zero-order valence-corrected chi connectivity index (χ0v) is 16.7. The molecule has 2 aromatic carbocycles. The molecule has 0 aliphatic carbocycles. The highest BCUT2D eigenvalue weighted by atomic mass is 32.2. The summed E-state index contributed by atoms with van der Waals surface area (Å²) in [6.07, 6.45) is 0. The lowest BCUT2D eigenvalue weighted by Crippen LogP contribution is -2.20. The smallest absolute Gasteiger partial charge is 0.266 e. The number of aliphatic hydroxyl groups is 1. The number of thiophene rings is 1. The van der Waals surface area contributed by atoms with Gasteiger partial charge in [-0.2, -0.15) is 0 Å². The molecule has 3 N–H and O–H groups in total. The molecule has 0 saturated heterocycles. The van der Waals surface area contributed by atoms with Crippen LogP contribution in [0.5, 0.6) is 5.75 Å². The molecule has 0 bridgehead atoms. The van der Waals surface area contributed by atoms with Crippen molar-refractivity contribution in [2.24, 2.45) is 0 Å². The molecule has 4 rings (SSSR count). The number of rotatable bonds is 6. The van der Waals surface area contributed by atoms with Gasteiger partial charge < -0.3 is 14.8 Å². The molecule has 0 amide bonds. The van der Waals surface area contributed by atoms with E-state index in [0.717, 1.165) is 27.4 Å². The Morgan fingerprint density at radius 3 is 2.68 bits per heavy atom. The third-order valence-electron chi connectivity index (χ3n) is 4.48. The summed E-state index contributed by atoms with van der Waals surface area (Å²) < 4.78 is 21.2. The first-order valence-electron chi connectivity index (χ1n) is 8.61. The van der Waals surface area contributed by atoms with Crippen molar-refractivity contribution in [2.45, 2.75) is 4.90 Å². The summed E-state index contributed by atoms with van der Waals surface area (Å²) in [5.74, 6) is 0.694. The normalized spacial score (nSPS) is 12.5. The Balaban J connectivity index is 1.91. The van der Waals surface area contributed by atoms with Gasteiger partial charge in [-0.05, 0) is 41.3 Å². The average molecular weight is 415 g/mol. The van der Waals surface area contributed by atoms with Crippen LogP contribution in [-0.2, 0) is 11.0 Å². The van der Waals surface area contributed by atoms with Crippen LogP contribution in [0.25, 0.3) is 32.1 Å². The highest BCUT2D eigenvalue weighted by molar-refractivity contribution is 7.83. The van der Waals surface area contributed by atoms with Gasteiger partial charge >= 0.3 is 0 Å². The third kappa shape index (κ3) is 3.24. The lowest BCUT2D eigenvalue weighted by Gasteiger charge is -2.14. The van der Waals surface area contributed by atoms with E-state index in [4.69, 9.17) is 9.84 Å². The largest absolute Gasteiger partial charge is 0.496 e. The van der Waals surface area contributed by atoms with Gasteiger partial charge in [-0.25, -0.2) is 8.93 Å². The number of aromatic nitrogens is 1. The topological polar surface area (TPSA) is 91.4 Å². The maximum Gasteiger partial charge on any atom is 0.266 e. The molecule has 28 heavy (non-hydrogen) atoms. The fourth-order valence-corrected chi connectivity index (χ4v) is 4.87. The molecule has 8 heteroatoms. The predicted molar refractivity (Wildman–Crippen MR) is 113 cm³/mol. The van der Waals surface area contributed by atoms with E-state index in [0.29, 0.717) is 15.3 Å². The number of aromatic amines is 1. The van der Waals surface area contributed by atoms with Crippen LogP contribution < -0.4 is 15.0 Å². The van der Waals surface area contributed by atoms with Gasteiger partial charge in [0.05, 0.1) is 18.6 Å². The Bertz CT molecular complexity index is 1230. The van der Waals surface area contributed by atoms with Crippen LogP contribution in [0.1, 0.15) is 0 Å². The SMILES string of the molecule is COc1ccc2[nH]c(=O)c3sccc3c2c1-c1ccc(S(=O)NCCO)cc1. The van der Waals surface area contributed by atoms with Crippen LogP contribution in [0.2, 0.25) is 0 Å². The fourth-order valence-electron chi connectivity index (χ4n) is 3.25. The molecule has 0 saturated carbocycles. The summed E-state index contributed by atoms with van der Waals surface area (Å²) >= 11 is 1.41. The van der Waals surface area contributed by atoms with E-state index in [2.05, 4.69) is 9.71 Å². The third-order valence-corrected chi connectivity index (χ3v) is 6.56. The lowest BCUT2D eigenvalue weighted by molar-refractivity contribution is 0.302. The maximum atomic E-state index is 12.3. The van der Waals surface area contributed by atoms with Crippen LogP contribution in [0.15, 0.2) is 57.5 Å². The number of benzene rings is 2. The number of H-pyrrole nitrogens is 1. The average Bonchev–Trinajstić information content (AvgIpc) is 3.22. The van der Waals surface area contributed by atoms with Gasteiger partial charge in [0.2, 0.25) is 0 Å². The molecule has 0 fully saturated rings. The minimum atomic E-state index is -1.39. The van der Waals surface area contributed by atoms with Crippen molar-refractivity contribution in [3.05, 3.63) is 58.2 Å². The molecule has 0 spiro atoms. The first-order valence-corrected chi connectivity index (χ1v) is 10.6. The van der Waals surface area contributed by atoms with Crippen LogP contribution in [0.4, 0.5) is 0 Å². The Labute approximate surface area is 167 Å². The van der Waals surface area contributed by atoms with E-state index in [9.17, 15) is 9.00 Å². The van der Waals surface area contributed by atoms with Gasteiger partial charge in [-0.1, -0.05) is 12.1 Å². The standard InChI is InChI=1S/C20H18N2O4S2/c1-26-16-7-6-15-18(14-8-11-27-19(14)20(24)22-15)17(16)12-2-4-13(5-3-12)28(25)21-9-10-23/h2-8,11,21,23H,9-10H2,1H3,(H,22,24). The second-order valence-corrected chi connectivity index (χ2v) is 8.31. The minimum Gasteiger partial charge on any atom is -0.496 e. The number of fused-ring (bicyclic) bond motifs is 3. The summed E-state index contributed by atoms with van der Waals surface area (Å²) in [6.45, 7) is 0.181. The molecule has 1 atom stereocenters. The van der Waals surface area contributed by atoms with Crippen molar-refractivity contribution < 1.29 is 14.1 Å². The second-order valence-electron chi connectivity index (χ2n) is 6.09. The highest BCUT2D eigenvalue weighted by Crippen LogP contribution is 2.40. The number of hydrogen-bond acceptors (Lipinski definition) is 5. The first-order chi connectivity index (χ1) is 13.6. The zero-order chi connectivity index (χ0) is 19.7. The number of nitrogens with one attached hydrogen (secondary N) is 2. The van der Waals surface area contributed by atoms with Gasteiger partial charge in [0.15, 0.2) is 0 Å². The molecule has 4 aromatic rings. The van der Waals surface area contributed by atoms with Crippen molar-refractivity contribution in [1.82, 2.24) is 9.71 Å². The number of aliphatic hydroxyl groups excluding tert-OH is 1. The maximum absolute atomic E-state index is 12.3. The molecule has 2 aromatic heterocycles. The van der Waals surface area contributed by atoms with Gasteiger partial charge in [-0.3, -0.25) is 4.79 Å². The predicted octanol–water partition coefficient (Wildman–Crippen LogP) is 3.02. The number of methoxy groups -OCH3 is 1. The van der Waals surface area contributed by atoms with Crippen molar-refractivity contribution >= 4 is 43.3 Å². The molecular formula is C20H18N2O4S2. The Morgan fingerprint density at radius 1 is 1.18 bits per heavy atom. The van der Waals surface area contributed by atoms with E-state index in [1.807, 2.05) is 35.7 Å². The van der Waals surface area contributed by atoms with Gasteiger partial charge in [0.1, 0.15) is 21.4 Å². The van der Waals surface area contributed by atoms with Crippen LogP contribution in [0, 0.1) is 0 Å². The van der Waals surface area contributed by atoms with E-state index in [1.54, 1.807) is 19.2 Å². The summed E-state index contributed by atoms with van der Waals surface area (Å²) in [5, 5.41) is 12.6. The van der Waals surface area contributed by atoms with Crippen molar-refractivity contribution in [3.63, 3.8) is 0 Å². The zero-order valence-electron chi connectivity index (χ0n) is 15.0. The van der Waals surface area contributed by atoms with Crippen molar-refractivity contribution in [2.75, 3.05) is 20.3 Å². The Morgan fingerprint density at radius 2 is 1.96 bits per heavy atom. The highest BCUT2D eigenvalue weighted by Gasteiger charge is 2.16. The van der Waals surface area contributed by atoms with Gasteiger partial charge in [-0.15, -0.1) is 11.3 Å². The van der Waals surface area contributed by atoms with E-state index < -0.39 is 11.0 Å². The van der Waals surface area contributed by atoms with Crippen molar-refractivity contribution in [3.8, 4) is 16.9 Å². The first kappa shape index (κ1) is 18.8. The fraction of sp³-hybridized carbons (Fsp3) is 0.150. The molecule has 1 unspecified atom stereocenters. The number of ether oxygens (including phenoxy) is 1. The quantitative estimate of drug-likeness (QED) is 0.452. The summed E-state index contributed by atoms with van der Waals surface area (Å²) in [7, 11) is 0.226. The lowest BCUT2D eigenvalue weighted by atomic mass is 9.97. The van der Waals surface area contributed by atoms with Crippen molar-refractivity contribution in [1.29, 1.82) is 0 Å². The van der Waals surface area contributed by atoms with Crippen LogP contribution in [-0.4, -0.2) is 34.6 Å². The minimum absolute atomic E-state index is 0.0775. The van der Waals surface area contributed by atoms with E-state index >= 15 is 0 Å². The summed E-state index contributed by atoms with van der Waals surface area (Å²) in [6, 6.07) is 13.0. The monoisotopic (exact) mass is 414 g/mol.